The number of amidine groups is 1. The molecule has 0 atom stereocenters. The second-order valence-electron chi connectivity index (χ2n) is 7.29. The average Bonchev–Trinajstić information content (AvgIpc) is 2.85. The molecule has 0 unspecified atom stereocenters. The Hall–Kier alpha value is -3.82. The molecule has 1 aromatic carbocycles. The number of phenolic OH excluding ortho intramolecular Hbond substituents is 1. The van der Waals surface area contributed by atoms with Crippen LogP contribution in [0.15, 0.2) is 71.8 Å². The zero-order valence-corrected chi connectivity index (χ0v) is 20.0. The summed E-state index contributed by atoms with van der Waals surface area (Å²) < 4.78 is 39.1. The fraction of sp³-hybridized carbons (Fsp3) is 0.320. The molecule has 2 heterocycles. The van der Waals surface area contributed by atoms with Gasteiger partial charge in [-0.3, -0.25) is 9.88 Å². The highest BCUT2D eigenvalue weighted by molar-refractivity contribution is 6.11. The summed E-state index contributed by atoms with van der Waals surface area (Å²) in [4.78, 5) is 22.9. The molecule has 0 aliphatic carbocycles. The van der Waals surface area contributed by atoms with E-state index in [1.807, 2.05) is 39.0 Å². The minimum absolute atomic E-state index is 0.211. The predicted octanol–water partition coefficient (Wildman–Crippen LogP) is 5.72. The molecule has 3 N–H and O–H groups in total. The van der Waals surface area contributed by atoms with Crippen LogP contribution >= 0.6 is 0 Å². The topological polar surface area (TPSA) is 89.9 Å². The van der Waals surface area contributed by atoms with Crippen LogP contribution in [0.1, 0.15) is 38.3 Å². The highest BCUT2D eigenvalue weighted by Gasteiger charge is 2.32. The van der Waals surface area contributed by atoms with Gasteiger partial charge in [0, 0.05) is 31.2 Å². The van der Waals surface area contributed by atoms with Crippen LogP contribution in [-0.2, 0) is 12.6 Å². The molecule has 1 aromatic heterocycles. The molecule has 7 nitrogen and oxygen atoms in total. The summed E-state index contributed by atoms with van der Waals surface area (Å²) >= 11 is 0. The molecule has 1 aliphatic heterocycles. The van der Waals surface area contributed by atoms with Crippen LogP contribution in [0.5, 0.6) is 5.75 Å². The lowest BCUT2D eigenvalue weighted by molar-refractivity contribution is -0.137. The minimum atomic E-state index is -4.61. The maximum Gasteiger partial charge on any atom is 0.416 e. The van der Waals surface area contributed by atoms with Crippen molar-refractivity contribution in [3.63, 3.8) is 0 Å². The summed E-state index contributed by atoms with van der Waals surface area (Å²) in [5, 5.41) is 15.3. The number of nitrogens with zero attached hydrogens (tertiary/aromatic N) is 3. The number of aromatic nitrogens is 1. The minimum Gasteiger partial charge on any atom is -0.506 e. The van der Waals surface area contributed by atoms with Crippen LogP contribution in [-0.4, -0.2) is 39.9 Å². The van der Waals surface area contributed by atoms with Gasteiger partial charge < -0.3 is 15.7 Å². The summed E-state index contributed by atoms with van der Waals surface area (Å²) in [7, 11) is 0. The van der Waals surface area contributed by atoms with Gasteiger partial charge in [-0.2, -0.15) is 13.2 Å². The Morgan fingerprint density at radius 1 is 1.34 bits per heavy atom. The Morgan fingerprint density at radius 2 is 2.09 bits per heavy atom. The van der Waals surface area contributed by atoms with Crippen LogP contribution in [0.2, 0.25) is 0 Å². The van der Waals surface area contributed by atoms with Gasteiger partial charge in [-0.25, -0.2) is 9.79 Å². The van der Waals surface area contributed by atoms with E-state index in [9.17, 15) is 23.1 Å². The number of aliphatic imine (C=N–C) groups is 1. The Balaban J connectivity index is 0.00000210. The number of aromatic hydroxyl groups is 1. The van der Waals surface area contributed by atoms with Crippen LogP contribution in [0.4, 0.5) is 23.7 Å². The van der Waals surface area contributed by atoms with Crippen LogP contribution in [0.25, 0.3) is 0 Å². The Labute approximate surface area is 203 Å². The summed E-state index contributed by atoms with van der Waals surface area (Å²) in [6, 6.07) is 5.39. The van der Waals surface area contributed by atoms with Gasteiger partial charge in [0.25, 0.3) is 0 Å². The number of phenols is 1. The average molecular weight is 490 g/mol. The number of halogens is 3. The van der Waals surface area contributed by atoms with E-state index in [1.165, 1.54) is 4.90 Å². The molecular formula is C25H30F3N5O2. The number of allylic oxidation sites excluding steroid dienone is 2. The fourth-order valence-corrected chi connectivity index (χ4v) is 3.21. The lowest BCUT2D eigenvalue weighted by Gasteiger charge is -2.31. The summed E-state index contributed by atoms with van der Waals surface area (Å²) in [6.45, 7) is 10.3. The van der Waals surface area contributed by atoms with E-state index in [1.54, 1.807) is 12.4 Å². The normalized spacial score (nSPS) is 15.3. The van der Waals surface area contributed by atoms with Gasteiger partial charge in [0.05, 0.1) is 16.9 Å². The molecule has 1 aliphatic rings. The van der Waals surface area contributed by atoms with Gasteiger partial charge in [0.1, 0.15) is 5.75 Å². The highest BCUT2D eigenvalue weighted by atomic mass is 19.4. The number of urea groups is 1. The molecule has 3 rings (SSSR count). The number of hydrogen-bond donors (Lipinski definition) is 3. The molecule has 188 valence electrons. The van der Waals surface area contributed by atoms with E-state index in [2.05, 4.69) is 27.2 Å². The smallest absolute Gasteiger partial charge is 0.416 e. The second-order valence-corrected chi connectivity index (χ2v) is 7.29. The number of nitrogens with one attached hydrogen (secondary N) is 2. The Kier molecular flexibility index (Phi) is 9.86. The Morgan fingerprint density at radius 3 is 2.71 bits per heavy atom. The number of piperazine rings is 1. The van der Waals surface area contributed by atoms with Gasteiger partial charge in [-0.05, 0) is 49.6 Å². The van der Waals surface area contributed by atoms with Crippen LogP contribution in [0, 0.1) is 0 Å². The van der Waals surface area contributed by atoms with Crippen molar-refractivity contribution in [3.05, 3.63) is 77.9 Å². The van der Waals surface area contributed by atoms with Gasteiger partial charge in [-0.1, -0.05) is 32.6 Å². The molecule has 1 saturated heterocycles. The number of aryl methyl sites for hydroxylation is 1. The third-order valence-corrected chi connectivity index (χ3v) is 4.99. The van der Waals surface area contributed by atoms with E-state index >= 15 is 0 Å². The van der Waals surface area contributed by atoms with Crippen molar-refractivity contribution >= 4 is 17.6 Å². The van der Waals surface area contributed by atoms with Crippen molar-refractivity contribution in [1.29, 1.82) is 0 Å². The monoisotopic (exact) mass is 489 g/mol. The SMILES string of the molecule is C=C1NCCN(C(=O)Nc2cc(C(F)(F)F)ccc2O)C1=N/C(=C\C)CCc1cccnc1.CC. The number of carbonyl (C=O) groups is 1. The molecule has 10 heteroatoms. The first-order valence-electron chi connectivity index (χ1n) is 11.2. The highest BCUT2D eigenvalue weighted by Crippen LogP contribution is 2.34. The first kappa shape index (κ1) is 27.4. The predicted molar refractivity (Wildman–Crippen MR) is 131 cm³/mol. The maximum atomic E-state index is 13.0. The van der Waals surface area contributed by atoms with Crippen molar-refractivity contribution in [2.75, 3.05) is 18.4 Å². The largest absolute Gasteiger partial charge is 0.506 e. The van der Waals surface area contributed by atoms with Gasteiger partial charge in [0.15, 0.2) is 5.84 Å². The van der Waals surface area contributed by atoms with Crippen LogP contribution in [0.3, 0.4) is 0 Å². The van der Waals surface area contributed by atoms with Crippen molar-refractivity contribution in [1.82, 2.24) is 15.2 Å². The van der Waals surface area contributed by atoms with Crippen molar-refractivity contribution in [3.8, 4) is 5.75 Å². The molecule has 0 radical (unpaired) electrons. The van der Waals surface area contributed by atoms with E-state index in [-0.39, 0.29) is 18.1 Å². The van der Waals surface area contributed by atoms with Gasteiger partial charge in [-0.15, -0.1) is 0 Å². The molecule has 0 bridgehead atoms. The van der Waals surface area contributed by atoms with E-state index in [4.69, 9.17) is 0 Å². The summed E-state index contributed by atoms with van der Waals surface area (Å²) in [5.41, 5.74) is 0.818. The van der Waals surface area contributed by atoms with E-state index < -0.39 is 23.5 Å². The van der Waals surface area contributed by atoms with Crippen LogP contribution < -0.4 is 10.6 Å². The maximum absolute atomic E-state index is 13.0. The molecular weight excluding hydrogens is 459 g/mol. The molecule has 35 heavy (non-hydrogen) atoms. The van der Waals surface area contributed by atoms with Crippen molar-refractivity contribution < 1.29 is 23.1 Å². The lowest BCUT2D eigenvalue weighted by atomic mass is 10.1. The third-order valence-electron chi connectivity index (χ3n) is 4.99. The first-order valence-corrected chi connectivity index (χ1v) is 11.2. The third kappa shape index (κ3) is 7.59. The molecule has 0 spiro atoms. The van der Waals surface area contributed by atoms with E-state index in [0.29, 0.717) is 36.8 Å². The number of carbonyl (C=O) groups excluding carboxylic acids is 1. The zero-order valence-electron chi connectivity index (χ0n) is 20.0. The number of rotatable bonds is 5. The zero-order chi connectivity index (χ0) is 26.0. The van der Waals surface area contributed by atoms with Gasteiger partial charge in [0.2, 0.25) is 0 Å². The first-order chi connectivity index (χ1) is 16.7. The fourth-order valence-electron chi connectivity index (χ4n) is 3.21. The summed E-state index contributed by atoms with van der Waals surface area (Å²) in [6.07, 6.45) is 1.94. The quantitative estimate of drug-likeness (QED) is 0.469. The van der Waals surface area contributed by atoms with Crippen molar-refractivity contribution in [2.45, 2.75) is 39.8 Å². The second kappa shape index (κ2) is 12.6. The number of anilines is 1. The van der Waals surface area contributed by atoms with Crippen molar-refractivity contribution in [2.24, 2.45) is 4.99 Å². The Bertz CT molecular complexity index is 1080. The molecule has 0 saturated carbocycles. The number of benzene rings is 1. The van der Waals surface area contributed by atoms with Gasteiger partial charge >= 0.3 is 12.2 Å². The molecule has 2 aromatic rings. The standard InChI is InChI=1S/C23H24F3N5O2.C2H6/c1-3-18(8-6-16-5-4-10-27-14-16)29-21-15(2)28-11-12-31(21)22(33)30-19-13-17(23(24,25)26)7-9-20(19)32;1-2/h3-5,7,9-10,13-14,28,32H,2,6,8,11-12H2,1H3,(H,30,33);1-2H3/b18-3-,29-21?;. The van der Waals surface area contributed by atoms with E-state index in [0.717, 1.165) is 17.7 Å². The summed E-state index contributed by atoms with van der Waals surface area (Å²) in [5.74, 6) is -0.223. The number of hydrogen-bond acceptors (Lipinski definition) is 5. The number of pyridine rings is 1. The lowest BCUT2D eigenvalue weighted by Crippen LogP contribution is -2.50. The number of alkyl halides is 3. The molecule has 1 fully saturated rings. The molecule has 2 amide bonds. The number of amides is 2.